The van der Waals surface area contributed by atoms with E-state index in [1.807, 2.05) is 0 Å². The number of nitrogens with one attached hydrogen (secondary N) is 1. The molecule has 9 nitrogen and oxygen atoms in total. The number of nitrogens with zero attached hydrogens (tertiary/aromatic N) is 2. The van der Waals surface area contributed by atoms with Crippen LogP contribution in [0.15, 0.2) is 28.8 Å². The van der Waals surface area contributed by atoms with E-state index in [4.69, 9.17) is 18.7 Å². The normalized spacial score (nSPS) is 17.8. The molecule has 1 aliphatic carbocycles. The second-order valence-electron chi connectivity index (χ2n) is 8.12. The lowest BCUT2D eigenvalue weighted by atomic mass is 10.1. The van der Waals surface area contributed by atoms with Gasteiger partial charge < -0.3 is 29.0 Å². The van der Waals surface area contributed by atoms with Crippen molar-refractivity contribution < 1.29 is 28.3 Å². The van der Waals surface area contributed by atoms with Gasteiger partial charge in [0.25, 0.3) is 5.91 Å². The minimum absolute atomic E-state index is 0.0321. The lowest BCUT2D eigenvalue weighted by molar-refractivity contribution is -0.121. The van der Waals surface area contributed by atoms with Crippen LogP contribution in [0.4, 0.5) is 0 Å². The zero-order valence-corrected chi connectivity index (χ0v) is 18.5. The molecule has 1 aliphatic heterocycles. The van der Waals surface area contributed by atoms with Gasteiger partial charge in [0.05, 0.1) is 25.9 Å². The molecule has 1 saturated heterocycles. The first kappa shape index (κ1) is 22.1. The van der Waals surface area contributed by atoms with Crippen molar-refractivity contribution in [1.82, 2.24) is 15.4 Å². The van der Waals surface area contributed by atoms with Crippen LogP contribution in [0.5, 0.6) is 11.5 Å². The van der Waals surface area contributed by atoms with Gasteiger partial charge in [-0.15, -0.1) is 0 Å². The molecule has 172 valence electrons. The molecule has 1 unspecified atom stereocenters. The Morgan fingerprint density at radius 2 is 2.03 bits per heavy atom. The molecule has 9 heteroatoms. The van der Waals surface area contributed by atoms with Crippen molar-refractivity contribution in [3.8, 4) is 22.8 Å². The number of rotatable bonds is 10. The minimum Gasteiger partial charge on any atom is -0.497 e. The lowest BCUT2D eigenvalue weighted by Gasteiger charge is -2.24. The lowest BCUT2D eigenvalue weighted by Crippen LogP contribution is -2.40. The highest BCUT2D eigenvalue weighted by molar-refractivity contribution is 5.93. The van der Waals surface area contributed by atoms with Crippen molar-refractivity contribution in [1.29, 1.82) is 0 Å². The summed E-state index contributed by atoms with van der Waals surface area (Å²) in [5, 5.41) is 6.96. The van der Waals surface area contributed by atoms with Gasteiger partial charge in [-0.1, -0.05) is 5.16 Å². The third-order valence-corrected chi connectivity index (χ3v) is 5.69. The van der Waals surface area contributed by atoms with Crippen LogP contribution in [0.2, 0.25) is 0 Å². The van der Waals surface area contributed by atoms with Crippen molar-refractivity contribution in [2.24, 2.45) is 0 Å². The zero-order valence-electron chi connectivity index (χ0n) is 18.5. The van der Waals surface area contributed by atoms with Gasteiger partial charge in [0, 0.05) is 38.2 Å². The summed E-state index contributed by atoms with van der Waals surface area (Å²) < 4.78 is 21.9. The SMILES string of the molecule is COc1ccc(OC)c(-c2cc(C(=O)N(CCC(=O)NC3CC3)CC3CCCO3)no2)c1. The van der Waals surface area contributed by atoms with Crippen molar-refractivity contribution in [2.75, 3.05) is 33.9 Å². The van der Waals surface area contributed by atoms with E-state index in [2.05, 4.69) is 10.5 Å². The first-order valence-electron chi connectivity index (χ1n) is 11.0. The largest absolute Gasteiger partial charge is 0.497 e. The van der Waals surface area contributed by atoms with Crippen molar-refractivity contribution in [3.63, 3.8) is 0 Å². The second kappa shape index (κ2) is 10.0. The van der Waals surface area contributed by atoms with E-state index >= 15 is 0 Å². The Kier molecular flexibility index (Phi) is 6.94. The third kappa shape index (κ3) is 5.40. The molecule has 2 amide bonds. The van der Waals surface area contributed by atoms with Gasteiger partial charge in [-0.25, -0.2) is 0 Å². The molecule has 0 bridgehead atoms. The number of aromatic nitrogens is 1. The summed E-state index contributed by atoms with van der Waals surface area (Å²) >= 11 is 0. The Bertz CT molecular complexity index is 949. The van der Waals surface area contributed by atoms with Crippen molar-refractivity contribution in [3.05, 3.63) is 30.0 Å². The number of benzene rings is 1. The molecule has 4 rings (SSSR count). The molecule has 1 atom stereocenters. The van der Waals surface area contributed by atoms with Gasteiger partial charge >= 0.3 is 0 Å². The maximum atomic E-state index is 13.3. The second-order valence-corrected chi connectivity index (χ2v) is 8.12. The molecule has 2 fully saturated rings. The average Bonchev–Trinajstić information content (AvgIpc) is 3.27. The average molecular weight is 444 g/mol. The summed E-state index contributed by atoms with van der Waals surface area (Å²) in [5.41, 5.74) is 0.804. The number of methoxy groups -OCH3 is 2. The van der Waals surface area contributed by atoms with E-state index in [9.17, 15) is 9.59 Å². The van der Waals surface area contributed by atoms with Crippen LogP contribution in [0.3, 0.4) is 0 Å². The van der Waals surface area contributed by atoms with E-state index in [0.717, 1.165) is 25.7 Å². The van der Waals surface area contributed by atoms with Crippen molar-refractivity contribution in [2.45, 2.75) is 44.2 Å². The zero-order chi connectivity index (χ0) is 22.5. The van der Waals surface area contributed by atoms with Gasteiger partial charge in [0.15, 0.2) is 11.5 Å². The standard InChI is InChI=1S/C23H29N3O6/c1-29-16-7-8-20(30-2)18(12-16)21-13-19(25-32-21)23(28)26(14-17-4-3-11-31-17)10-9-22(27)24-15-5-6-15/h7-8,12-13,15,17H,3-6,9-11,14H2,1-2H3,(H,24,27). The molecule has 1 aromatic carbocycles. The van der Waals surface area contributed by atoms with Crippen LogP contribution < -0.4 is 14.8 Å². The van der Waals surface area contributed by atoms with E-state index < -0.39 is 0 Å². The molecule has 1 N–H and O–H groups in total. The number of hydrogen-bond acceptors (Lipinski definition) is 7. The van der Waals surface area contributed by atoms with Gasteiger partial charge in [0.1, 0.15) is 11.5 Å². The van der Waals surface area contributed by atoms with Gasteiger partial charge in [-0.05, 0) is 43.9 Å². The first-order valence-corrected chi connectivity index (χ1v) is 11.0. The molecule has 2 aliphatic rings. The smallest absolute Gasteiger partial charge is 0.276 e. The monoisotopic (exact) mass is 443 g/mol. The predicted octanol–water partition coefficient (Wildman–Crippen LogP) is 2.65. The molecule has 0 radical (unpaired) electrons. The highest BCUT2D eigenvalue weighted by Crippen LogP contribution is 2.34. The predicted molar refractivity (Wildman–Crippen MR) is 116 cm³/mol. The Morgan fingerprint density at radius 3 is 2.72 bits per heavy atom. The van der Waals surface area contributed by atoms with Gasteiger partial charge in [0.2, 0.25) is 5.91 Å². The maximum absolute atomic E-state index is 13.3. The molecular weight excluding hydrogens is 414 g/mol. The van der Waals surface area contributed by atoms with Crippen LogP contribution in [0.25, 0.3) is 11.3 Å². The molecule has 32 heavy (non-hydrogen) atoms. The van der Waals surface area contributed by atoms with Crippen LogP contribution in [0.1, 0.15) is 42.6 Å². The fourth-order valence-electron chi connectivity index (χ4n) is 3.75. The quantitative estimate of drug-likeness (QED) is 0.602. The highest BCUT2D eigenvalue weighted by atomic mass is 16.5. The summed E-state index contributed by atoms with van der Waals surface area (Å²) in [6, 6.07) is 7.19. The highest BCUT2D eigenvalue weighted by Gasteiger charge is 2.28. The minimum atomic E-state index is -0.295. The third-order valence-electron chi connectivity index (χ3n) is 5.69. The van der Waals surface area contributed by atoms with E-state index in [0.29, 0.717) is 48.6 Å². The summed E-state index contributed by atoms with van der Waals surface area (Å²) in [4.78, 5) is 27.1. The maximum Gasteiger partial charge on any atom is 0.276 e. The fourth-order valence-corrected chi connectivity index (χ4v) is 3.75. The van der Waals surface area contributed by atoms with E-state index in [-0.39, 0.29) is 30.0 Å². The summed E-state index contributed by atoms with van der Waals surface area (Å²) in [6.45, 7) is 1.40. The van der Waals surface area contributed by atoms with Gasteiger partial charge in [-0.3, -0.25) is 9.59 Å². The molecular formula is C23H29N3O6. The molecule has 2 heterocycles. The number of hydrogen-bond donors (Lipinski definition) is 1. The first-order chi connectivity index (χ1) is 15.6. The van der Waals surface area contributed by atoms with Crippen LogP contribution in [-0.4, -0.2) is 67.9 Å². The summed E-state index contributed by atoms with van der Waals surface area (Å²) in [7, 11) is 3.13. The number of carbonyl (C=O) groups is 2. The summed E-state index contributed by atoms with van der Waals surface area (Å²) in [6.07, 6.45) is 4.13. The Balaban J connectivity index is 1.50. The fraction of sp³-hybridized carbons (Fsp3) is 0.522. The van der Waals surface area contributed by atoms with Gasteiger partial charge in [-0.2, -0.15) is 0 Å². The van der Waals surface area contributed by atoms with Crippen LogP contribution >= 0.6 is 0 Å². The summed E-state index contributed by atoms with van der Waals surface area (Å²) in [5.74, 6) is 1.27. The Hall–Kier alpha value is -3.07. The number of amides is 2. The molecule has 0 spiro atoms. The number of ether oxygens (including phenoxy) is 3. The molecule has 1 aromatic heterocycles. The number of carbonyl (C=O) groups excluding carboxylic acids is 2. The Labute approximate surface area is 187 Å². The molecule has 1 saturated carbocycles. The van der Waals surface area contributed by atoms with Crippen molar-refractivity contribution >= 4 is 11.8 Å². The molecule has 2 aromatic rings. The van der Waals surface area contributed by atoms with Crippen LogP contribution in [-0.2, 0) is 9.53 Å². The Morgan fingerprint density at radius 1 is 1.19 bits per heavy atom. The van der Waals surface area contributed by atoms with Crippen LogP contribution in [0, 0.1) is 0 Å². The topological polar surface area (TPSA) is 103 Å². The van der Waals surface area contributed by atoms with E-state index in [1.54, 1.807) is 43.4 Å². The van der Waals surface area contributed by atoms with E-state index in [1.165, 1.54) is 0 Å².